The molecular formula is C14H23N3O2. The Morgan fingerprint density at radius 3 is 3.00 bits per heavy atom. The number of carboxylic acid groups (broad SMARTS) is 1. The van der Waals surface area contributed by atoms with Gasteiger partial charge in [-0.3, -0.25) is 9.69 Å². The van der Waals surface area contributed by atoms with Crippen molar-refractivity contribution in [1.82, 2.24) is 14.5 Å². The second-order valence-electron chi connectivity index (χ2n) is 5.16. The second kappa shape index (κ2) is 6.19. The highest BCUT2D eigenvalue weighted by Gasteiger charge is 2.30. The Hall–Kier alpha value is -1.36. The molecule has 0 spiro atoms. The van der Waals surface area contributed by atoms with E-state index in [0.717, 1.165) is 38.2 Å². The first-order valence-corrected chi connectivity index (χ1v) is 7.15. The molecule has 0 bridgehead atoms. The van der Waals surface area contributed by atoms with Crippen LogP contribution in [0.2, 0.25) is 0 Å². The van der Waals surface area contributed by atoms with E-state index in [1.165, 1.54) is 0 Å². The summed E-state index contributed by atoms with van der Waals surface area (Å²) in [4.78, 5) is 17.8. The molecule has 0 aliphatic carbocycles. The number of nitrogens with zero attached hydrogens (tertiary/aromatic N) is 3. The summed E-state index contributed by atoms with van der Waals surface area (Å²) in [6.07, 6.45) is 7.60. The first-order chi connectivity index (χ1) is 9.17. The quantitative estimate of drug-likeness (QED) is 0.884. The van der Waals surface area contributed by atoms with Crippen LogP contribution in [0, 0.1) is 0 Å². The third kappa shape index (κ3) is 2.97. The summed E-state index contributed by atoms with van der Waals surface area (Å²) in [6, 6.07) is 0.0102. The summed E-state index contributed by atoms with van der Waals surface area (Å²) in [6.45, 7) is 5.74. The van der Waals surface area contributed by atoms with E-state index in [1.54, 1.807) is 0 Å². The van der Waals surface area contributed by atoms with Crippen LogP contribution in [0.25, 0.3) is 0 Å². The Bertz CT molecular complexity index is 430. The molecule has 1 aromatic rings. The smallest absolute Gasteiger partial charge is 0.320 e. The van der Waals surface area contributed by atoms with E-state index in [2.05, 4.69) is 21.4 Å². The molecule has 1 aliphatic rings. The number of aryl methyl sites for hydroxylation is 1. The van der Waals surface area contributed by atoms with Crippen molar-refractivity contribution in [3.63, 3.8) is 0 Å². The Labute approximate surface area is 114 Å². The highest BCUT2D eigenvalue weighted by molar-refractivity contribution is 5.73. The third-order valence-electron chi connectivity index (χ3n) is 4.00. The average molecular weight is 265 g/mol. The molecule has 2 atom stereocenters. The molecule has 5 heteroatoms. The van der Waals surface area contributed by atoms with Crippen molar-refractivity contribution in [3.8, 4) is 0 Å². The molecule has 1 N–H and O–H groups in total. The van der Waals surface area contributed by atoms with Gasteiger partial charge in [-0.05, 0) is 25.8 Å². The van der Waals surface area contributed by atoms with Gasteiger partial charge >= 0.3 is 5.97 Å². The van der Waals surface area contributed by atoms with Crippen LogP contribution in [0.3, 0.4) is 0 Å². The Morgan fingerprint density at radius 1 is 1.58 bits per heavy atom. The van der Waals surface area contributed by atoms with E-state index in [0.29, 0.717) is 12.5 Å². The van der Waals surface area contributed by atoms with E-state index >= 15 is 0 Å². The van der Waals surface area contributed by atoms with Crippen LogP contribution in [0.15, 0.2) is 12.4 Å². The number of piperidine rings is 1. The fourth-order valence-corrected chi connectivity index (χ4v) is 3.03. The zero-order valence-corrected chi connectivity index (χ0v) is 11.7. The molecule has 2 heterocycles. The second-order valence-corrected chi connectivity index (χ2v) is 5.16. The lowest BCUT2D eigenvalue weighted by Gasteiger charge is -2.37. The Morgan fingerprint density at radius 2 is 2.37 bits per heavy atom. The number of carbonyl (C=O) groups is 1. The highest BCUT2D eigenvalue weighted by atomic mass is 16.4. The minimum absolute atomic E-state index is 0.351. The maximum Gasteiger partial charge on any atom is 0.320 e. The number of hydrogen-bond acceptors (Lipinski definition) is 3. The van der Waals surface area contributed by atoms with Gasteiger partial charge in [-0.2, -0.15) is 0 Å². The summed E-state index contributed by atoms with van der Waals surface area (Å²) in [5.74, 6) is 0.389. The largest absolute Gasteiger partial charge is 0.480 e. The molecular weight excluding hydrogens is 242 g/mol. The van der Waals surface area contributed by atoms with Gasteiger partial charge in [0.25, 0.3) is 0 Å². The number of aliphatic carboxylic acids is 1. The van der Waals surface area contributed by atoms with Crippen LogP contribution in [-0.2, 0) is 11.2 Å². The fraction of sp³-hybridized carbons (Fsp3) is 0.714. The minimum Gasteiger partial charge on any atom is -0.480 e. The molecule has 1 saturated heterocycles. The summed E-state index contributed by atoms with van der Waals surface area (Å²) in [5.41, 5.74) is 0. The summed E-state index contributed by atoms with van der Waals surface area (Å²) < 4.78 is 2.22. The van der Waals surface area contributed by atoms with Crippen molar-refractivity contribution in [3.05, 3.63) is 18.2 Å². The van der Waals surface area contributed by atoms with E-state index in [-0.39, 0.29) is 6.04 Å². The SMILES string of the molecule is CCc1nccn1[C@H]1CCCN([C@@H](CC)C(=O)O)C1. The van der Waals surface area contributed by atoms with E-state index < -0.39 is 5.97 Å². The van der Waals surface area contributed by atoms with Crippen molar-refractivity contribution in [2.45, 2.75) is 51.6 Å². The predicted octanol–water partition coefficient (Wildman–Crippen LogP) is 1.95. The van der Waals surface area contributed by atoms with Crippen molar-refractivity contribution in [2.75, 3.05) is 13.1 Å². The third-order valence-corrected chi connectivity index (χ3v) is 4.00. The molecule has 1 fully saturated rings. The summed E-state index contributed by atoms with van der Waals surface area (Å²) in [5, 5.41) is 9.28. The number of carboxylic acids is 1. The minimum atomic E-state index is -0.704. The molecule has 1 aromatic heterocycles. The van der Waals surface area contributed by atoms with Gasteiger partial charge in [-0.1, -0.05) is 13.8 Å². The maximum atomic E-state index is 11.3. The highest BCUT2D eigenvalue weighted by Crippen LogP contribution is 2.25. The number of likely N-dealkylation sites (tertiary alicyclic amines) is 1. The molecule has 0 radical (unpaired) electrons. The summed E-state index contributed by atoms with van der Waals surface area (Å²) in [7, 11) is 0. The number of imidazole rings is 1. The van der Waals surface area contributed by atoms with Crippen molar-refractivity contribution in [2.24, 2.45) is 0 Å². The van der Waals surface area contributed by atoms with Gasteiger partial charge < -0.3 is 9.67 Å². The van der Waals surface area contributed by atoms with Gasteiger partial charge in [-0.25, -0.2) is 4.98 Å². The van der Waals surface area contributed by atoms with Gasteiger partial charge in [0, 0.05) is 31.4 Å². The van der Waals surface area contributed by atoms with E-state index in [4.69, 9.17) is 0 Å². The van der Waals surface area contributed by atoms with Crippen LogP contribution in [0.4, 0.5) is 0 Å². The molecule has 0 unspecified atom stereocenters. The molecule has 19 heavy (non-hydrogen) atoms. The predicted molar refractivity (Wildman–Crippen MR) is 73.2 cm³/mol. The number of hydrogen-bond donors (Lipinski definition) is 1. The number of rotatable bonds is 5. The monoisotopic (exact) mass is 265 g/mol. The fourth-order valence-electron chi connectivity index (χ4n) is 3.03. The molecule has 0 amide bonds. The van der Waals surface area contributed by atoms with E-state index in [9.17, 15) is 9.90 Å². The van der Waals surface area contributed by atoms with Crippen molar-refractivity contribution < 1.29 is 9.90 Å². The van der Waals surface area contributed by atoms with Crippen LogP contribution < -0.4 is 0 Å². The topological polar surface area (TPSA) is 58.4 Å². The molecule has 106 valence electrons. The molecule has 0 saturated carbocycles. The van der Waals surface area contributed by atoms with Gasteiger partial charge in [0.05, 0.1) is 0 Å². The van der Waals surface area contributed by atoms with Gasteiger partial charge in [0.2, 0.25) is 0 Å². The van der Waals surface area contributed by atoms with E-state index in [1.807, 2.05) is 19.3 Å². The van der Waals surface area contributed by atoms with Gasteiger partial charge in [-0.15, -0.1) is 0 Å². The average Bonchev–Trinajstić information content (AvgIpc) is 2.87. The molecule has 5 nitrogen and oxygen atoms in total. The van der Waals surface area contributed by atoms with Crippen LogP contribution in [-0.4, -0.2) is 44.7 Å². The summed E-state index contributed by atoms with van der Waals surface area (Å²) >= 11 is 0. The molecule has 2 rings (SSSR count). The standard InChI is InChI=1S/C14H23N3O2/c1-3-12(14(18)19)16-8-5-6-11(10-16)17-9-7-15-13(17)4-2/h7,9,11-12H,3-6,8,10H2,1-2H3,(H,18,19)/t11-,12-/m0/s1. The van der Waals surface area contributed by atoms with Crippen molar-refractivity contribution >= 4 is 5.97 Å². The van der Waals surface area contributed by atoms with Gasteiger partial charge in [0.1, 0.15) is 11.9 Å². The zero-order chi connectivity index (χ0) is 13.8. The first-order valence-electron chi connectivity index (χ1n) is 7.15. The Balaban J connectivity index is 2.11. The normalized spacial score (nSPS) is 22.3. The zero-order valence-electron chi connectivity index (χ0n) is 11.7. The van der Waals surface area contributed by atoms with Crippen molar-refractivity contribution in [1.29, 1.82) is 0 Å². The van der Waals surface area contributed by atoms with Crippen LogP contribution in [0.1, 0.15) is 45.0 Å². The maximum absolute atomic E-state index is 11.3. The lowest BCUT2D eigenvalue weighted by Crippen LogP contribution is -2.46. The first kappa shape index (κ1) is 14.1. The van der Waals surface area contributed by atoms with Gasteiger partial charge in [0.15, 0.2) is 0 Å². The van der Waals surface area contributed by atoms with Crippen LogP contribution in [0.5, 0.6) is 0 Å². The molecule has 0 aromatic carbocycles. The lowest BCUT2D eigenvalue weighted by atomic mass is 10.0. The lowest BCUT2D eigenvalue weighted by molar-refractivity contribution is -0.144. The van der Waals surface area contributed by atoms with Crippen LogP contribution >= 0.6 is 0 Å². The Kier molecular flexibility index (Phi) is 4.58. The number of aromatic nitrogens is 2. The molecule has 1 aliphatic heterocycles.